The second-order valence-corrected chi connectivity index (χ2v) is 22.8. The molecule has 58 heavy (non-hydrogen) atoms. The quantitative estimate of drug-likeness (QED) is 0.0676. The van der Waals surface area contributed by atoms with Crippen LogP contribution in [-0.2, 0) is 46.9 Å². The van der Waals surface area contributed by atoms with Crippen molar-refractivity contribution < 1.29 is 19.0 Å². The molecule has 12 nitrogen and oxygen atoms in total. The van der Waals surface area contributed by atoms with E-state index in [9.17, 15) is 0 Å². The predicted octanol–water partition coefficient (Wildman–Crippen LogP) is 7.69. The number of aromatic nitrogens is 5. The van der Waals surface area contributed by atoms with E-state index in [2.05, 4.69) is 77.4 Å². The van der Waals surface area contributed by atoms with Crippen LogP contribution in [0.2, 0.25) is 25.7 Å². The van der Waals surface area contributed by atoms with Crippen molar-refractivity contribution >= 4 is 30.7 Å². The van der Waals surface area contributed by atoms with Gasteiger partial charge in [-0.25, -0.2) is 9.48 Å². The third-order valence-corrected chi connectivity index (χ3v) is 12.8. The molecule has 0 radical (unpaired) electrons. The number of carbonyl (C=O) groups is 1. The van der Waals surface area contributed by atoms with Gasteiger partial charge in [-0.15, -0.1) is 4.80 Å². The van der Waals surface area contributed by atoms with Crippen LogP contribution in [0.1, 0.15) is 36.1 Å². The van der Waals surface area contributed by atoms with E-state index in [1.807, 2.05) is 89.1 Å². The van der Waals surface area contributed by atoms with Gasteiger partial charge < -0.3 is 29.7 Å². The van der Waals surface area contributed by atoms with Crippen molar-refractivity contribution in [3.05, 3.63) is 138 Å². The summed E-state index contributed by atoms with van der Waals surface area (Å²) in [7, 11) is -1.20. The summed E-state index contributed by atoms with van der Waals surface area (Å²) < 4.78 is 21.8. The lowest BCUT2D eigenvalue weighted by Gasteiger charge is -2.37. The van der Waals surface area contributed by atoms with E-state index in [-0.39, 0.29) is 18.1 Å². The fraction of sp³-hybridized carbons (Fsp3) is 0.378. The van der Waals surface area contributed by atoms with Crippen molar-refractivity contribution in [2.24, 2.45) is 0 Å². The molecule has 2 aliphatic heterocycles. The van der Waals surface area contributed by atoms with E-state index in [1.54, 1.807) is 12.4 Å². The van der Waals surface area contributed by atoms with Gasteiger partial charge in [0.25, 0.3) is 0 Å². The highest BCUT2D eigenvalue weighted by molar-refractivity contribution is 6.76. The van der Waals surface area contributed by atoms with Crippen molar-refractivity contribution in [2.75, 3.05) is 12.3 Å². The van der Waals surface area contributed by atoms with Gasteiger partial charge in [0.2, 0.25) is 0 Å². The molecule has 2 N–H and O–H groups in total. The lowest BCUT2D eigenvalue weighted by Crippen LogP contribution is -2.51. The number of ether oxygens (including phenoxy) is 3. The van der Waals surface area contributed by atoms with E-state index in [0.29, 0.717) is 44.0 Å². The number of amides is 2. The summed E-state index contributed by atoms with van der Waals surface area (Å²) in [4.78, 5) is 21.2. The summed E-state index contributed by atoms with van der Waals surface area (Å²) >= 11 is 0. The lowest BCUT2D eigenvalue weighted by molar-refractivity contribution is -0.157. The highest BCUT2D eigenvalue weighted by Gasteiger charge is 2.55. The smallest absolute Gasteiger partial charge is 0.321 e. The maximum absolute atomic E-state index is 15.7. The van der Waals surface area contributed by atoms with Gasteiger partial charge in [-0.1, -0.05) is 92.4 Å². The summed E-state index contributed by atoms with van der Waals surface area (Å²) in [6.07, 6.45) is 5.44. The molecule has 4 atom stereocenters. The molecule has 2 aromatic heterocycles. The Morgan fingerprint density at radius 3 is 1.90 bits per heavy atom. The first kappa shape index (κ1) is 39.5. The Morgan fingerprint density at radius 1 is 0.741 bits per heavy atom. The molecule has 302 valence electrons. The first-order valence-electron chi connectivity index (χ1n) is 20.2. The van der Waals surface area contributed by atoms with Crippen molar-refractivity contribution in [3.8, 4) is 5.69 Å². The topological polar surface area (TPSA) is 126 Å². The number of nitrogen functional groups attached to an aromatic ring is 1. The standard InChI is InChI=1S/C45H54N8O4Si/c1-45(2)56-42-40(25-32-12-8-6-9-13-32)50(29-34-17-19-38-36(24-34)28-49-52(38)31-55-22-23-58(3,4)5)44(54)51(41(43(42)57-45)26-33-14-10-7-11-15-33)30-35-16-18-37(46)39(27-35)53-47-20-21-48-53/h6-21,24,27-28,40-43H,22-23,25-26,29-31,46H2,1-5H3/t40-,41-,42+,43+/m1/s1. The molecule has 2 saturated heterocycles. The van der Waals surface area contributed by atoms with Crippen LogP contribution in [-0.4, -0.2) is 85.4 Å². The molecule has 0 unspecified atom stereocenters. The van der Waals surface area contributed by atoms with Crippen LogP contribution in [0.3, 0.4) is 0 Å². The van der Waals surface area contributed by atoms with Gasteiger partial charge in [0.05, 0.1) is 41.9 Å². The van der Waals surface area contributed by atoms with Gasteiger partial charge in [0, 0.05) is 33.2 Å². The molecule has 0 saturated carbocycles. The second-order valence-electron chi connectivity index (χ2n) is 17.2. The summed E-state index contributed by atoms with van der Waals surface area (Å²) in [6.45, 7) is 12.8. The number of anilines is 1. The molecule has 0 bridgehead atoms. The van der Waals surface area contributed by atoms with Crippen LogP contribution in [0.4, 0.5) is 10.5 Å². The zero-order valence-corrected chi connectivity index (χ0v) is 35.1. The minimum absolute atomic E-state index is 0.0940. The van der Waals surface area contributed by atoms with Crippen LogP contribution >= 0.6 is 0 Å². The molecule has 6 aromatic rings. The van der Waals surface area contributed by atoms with Gasteiger partial charge in [-0.3, -0.25) is 0 Å². The molecule has 8 rings (SSSR count). The van der Waals surface area contributed by atoms with Crippen molar-refractivity contribution in [2.45, 2.75) is 102 Å². The van der Waals surface area contributed by atoms with E-state index in [1.165, 1.54) is 4.80 Å². The van der Waals surface area contributed by atoms with E-state index >= 15 is 4.79 Å². The number of carbonyl (C=O) groups excluding carboxylic acids is 1. The number of nitrogens with two attached hydrogens (primary N) is 1. The first-order chi connectivity index (χ1) is 27.9. The van der Waals surface area contributed by atoms with Crippen LogP contribution in [0, 0.1) is 0 Å². The summed E-state index contributed by atoms with van der Waals surface area (Å²) in [6, 6.07) is 33.1. The Hall–Kier alpha value is -5.34. The molecule has 4 heterocycles. The van der Waals surface area contributed by atoms with Gasteiger partial charge in [0.1, 0.15) is 24.6 Å². The third kappa shape index (κ3) is 8.87. The molecular formula is C45H54N8O4Si. The fourth-order valence-electron chi connectivity index (χ4n) is 8.21. The summed E-state index contributed by atoms with van der Waals surface area (Å²) in [5.41, 5.74) is 12.7. The number of benzene rings is 4. The predicted molar refractivity (Wildman–Crippen MR) is 228 cm³/mol. The molecule has 0 spiro atoms. The maximum Gasteiger partial charge on any atom is 0.321 e. The van der Waals surface area contributed by atoms with Crippen molar-refractivity contribution in [1.82, 2.24) is 34.6 Å². The van der Waals surface area contributed by atoms with Crippen LogP contribution in [0.5, 0.6) is 0 Å². The number of fused-ring (bicyclic) bond motifs is 2. The minimum atomic E-state index is -1.20. The zero-order chi connectivity index (χ0) is 40.4. The average molecular weight is 799 g/mol. The monoisotopic (exact) mass is 798 g/mol. The number of urea groups is 1. The summed E-state index contributed by atoms with van der Waals surface area (Å²) in [5.74, 6) is -0.873. The molecular weight excluding hydrogens is 745 g/mol. The van der Waals surface area contributed by atoms with Crippen LogP contribution in [0.25, 0.3) is 16.6 Å². The van der Waals surface area contributed by atoms with Gasteiger partial charge >= 0.3 is 6.03 Å². The highest BCUT2D eigenvalue weighted by Crippen LogP contribution is 2.41. The lowest BCUT2D eigenvalue weighted by atomic mass is 9.91. The van der Waals surface area contributed by atoms with Crippen LogP contribution < -0.4 is 5.73 Å². The highest BCUT2D eigenvalue weighted by atomic mass is 28.3. The van der Waals surface area contributed by atoms with Gasteiger partial charge in [-0.05, 0) is 79.3 Å². The third-order valence-electron chi connectivity index (χ3n) is 11.1. The Bertz CT molecular complexity index is 2310. The largest absolute Gasteiger partial charge is 0.397 e. The molecule has 13 heteroatoms. The Morgan fingerprint density at radius 2 is 1.31 bits per heavy atom. The average Bonchev–Trinajstić information content (AvgIpc) is 3.95. The van der Waals surface area contributed by atoms with Crippen molar-refractivity contribution in [1.29, 1.82) is 0 Å². The number of hydrogen-bond acceptors (Lipinski definition) is 8. The maximum atomic E-state index is 15.7. The SMILES string of the molecule is CC1(C)O[C@@H]2[C@@H](O1)[C@@H](Cc1ccccc1)N(Cc1ccc3c(cnn3COCC[Si](C)(C)C)c1)C(=O)N(Cc1ccc(N)c(-n3nccn3)c1)[C@@H]2Cc1ccccc1. The molecule has 4 aromatic carbocycles. The zero-order valence-electron chi connectivity index (χ0n) is 34.1. The molecule has 2 fully saturated rings. The second kappa shape index (κ2) is 16.5. The molecule has 0 aliphatic carbocycles. The summed E-state index contributed by atoms with van der Waals surface area (Å²) in [5, 5.41) is 14.4. The molecule has 2 amide bonds. The minimum Gasteiger partial charge on any atom is -0.397 e. The van der Waals surface area contributed by atoms with Crippen molar-refractivity contribution in [3.63, 3.8) is 0 Å². The van der Waals surface area contributed by atoms with E-state index in [4.69, 9.17) is 19.9 Å². The Kier molecular flexibility index (Phi) is 11.2. The Labute approximate surface area is 341 Å². The fourth-order valence-corrected chi connectivity index (χ4v) is 8.97. The number of rotatable bonds is 14. The molecule has 2 aliphatic rings. The van der Waals surface area contributed by atoms with E-state index in [0.717, 1.165) is 45.8 Å². The van der Waals surface area contributed by atoms with Gasteiger partial charge in [0.15, 0.2) is 5.79 Å². The first-order valence-corrected chi connectivity index (χ1v) is 23.9. The van der Waals surface area contributed by atoms with E-state index < -0.39 is 26.1 Å². The normalized spacial score (nSPS) is 20.7. The Balaban J connectivity index is 1.19. The van der Waals surface area contributed by atoms with Gasteiger partial charge in [-0.2, -0.15) is 15.3 Å². The van der Waals surface area contributed by atoms with Crippen LogP contribution in [0.15, 0.2) is 116 Å². The number of hydrogen-bond donors (Lipinski definition) is 1. The number of nitrogens with zero attached hydrogens (tertiary/aromatic N) is 7.